The summed E-state index contributed by atoms with van der Waals surface area (Å²) in [4.78, 5) is 26.8. The molecule has 0 radical (unpaired) electrons. The van der Waals surface area contributed by atoms with Crippen molar-refractivity contribution in [2.24, 2.45) is 0 Å². The number of carbonyl (C=O) groups excluding carboxylic acids is 1. The summed E-state index contributed by atoms with van der Waals surface area (Å²) in [6, 6.07) is 3.29. The van der Waals surface area contributed by atoms with Crippen LogP contribution in [0.2, 0.25) is 0 Å². The first-order valence-electron chi connectivity index (χ1n) is 9.55. The monoisotopic (exact) mass is 432 g/mol. The highest BCUT2D eigenvalue weighted by molar-refractivity contribution is 5.88. The Morgan fingerprint density at radius 3 is 2.50 bits per heavy atom. The van der Waals surface area contributed by atoms with Crippen molar-refractivity contribution < 1.29 is 37.3 Å². The molecule has 10 heteroatoms. The number of ether oxygens (including phenoxy) is 2. The van der Waals surface area contributed by atoms with Crippen LogP contribution in [0.3, 0.4) is 0 Å². The van der Waals surface area contributed by atoms with Crippen LogP contribution in [0.25, 0.3) is 0 Å². The SMILES string of the molecule is CN(C(=O)OC(C)(C)C)C1CCCN(Cc2ccc(C(=O)O)cc2OC(F)(F)F)C1. The number of hydrogen-bond acceptors (Lipinski definition) is 5. The first kappa shape index (κ1) is 23.8. The Hall–Kier alpha value is -2.49. The third-order valence-corrected chi connectivity index (χ3v) is 4.64. The van der Waals surface area contributed by atoms with Gasteiger partial charge in [0.05, 0.1) is 5.56 Å². The molecule has 1 aromatic rings. The Balaban J connectivity index is 2.13. The molecule has 2 rings (SSSR count). The standard InChI is InChI=1S/C20H27F3N2O5/c1-19(2,3)30-18(28)24(4)15-6-5-9-25(12-15)11-14-8-7-13(17(26)27)10-16(14)29-20(21,22)23/h7-8,10,15H,5-6,9,11-12H2,1-4H3,(H,26,27). The van der Waals surface area contributed by atoms with Gasteiger partial charge in [-0.2, -0.15) is 0 Å². The minimum atomic E-state index is -4.94. The van der Waals surface area contributed by atoms with Crippen LogP contribution in [0.15, 0.2) is 18.2 Å². The smallest absolute Gasteiger partial charge is 0.478 e. The number of benzene rings is 1. The van der Waals surface area contributed by atoms with Gasteiger partial charge in [-0.05, 0) is 52.3 Å². The molecule has 1 aromatic carbocycles. The number of likely N-dealkylation sites (tertiary alicyclic amines) is 1. The first-order valence-corrected chi connectivity index (χ1v) is 9.55. The number of hydrogen-bond donors (Lipinski definition) is 1. The molecular weight excluding hydrogens is 405 g/mol. The molecule has 168 valence electrons. The van der Waals surface area contributed by atoms with Crippen molar-refractivity contribution in [3.63, 3.8) is 0 Å². The topological polar surface area (TPSA) is 79.3 Å². The van der Waals surface area contributed by atoms with Gasteiger partial charge >= 0.3 is 18.4 Å². The number of aromatic carboxylic acids is 1. The highest BCUT2D eigenvalue weighted by Gasteiger charge is 2.33. The molecule has 7 nitrogen and oxygen atoms in total. The lowest BCUT2D eigenvalue weighted by Crippen LogP contribution is -2.49. The van der Waals surface area contributed by atoms with Crippen molar-refractivity contribution in [3.8, 4) is 5.75 Å². The van der Waals surface area contributed by atoms with Crippen LogP contribution in [-0.2, 0) is 11.3 Å². The third-order valence-electron chi connectivity index (χ3n) is 4.64. The van der Waals surface area contributed by atoms with Crippen LogP contribution in [0.4, 0.5) is 18.0 Å². The molecule has 1 atom stereocenters. The van der Waals surface area contributed by atoms with Crippen molar-refractivity contribution in [3.05, 3.63) is 29.3 Å². The second-order valence-corrected chi connectivity index (χ2v) is 8.30. The van der Waals surface area contributed by atoms with Gasteiger partial charge in [-0.15, -0.1) is 13.2 Å². The van der Waals surface area contributed by atoms with E-state index in [-0.39, 0.29) is 23.7 Å². The fraction of sp³-hybridized carbons (Fsp3) is 0.600. The maximum Gasteiger partial charge on any atom is 0.573 e. The number of alkyl halides is 3. The zero-order valence-corrected chi connectivity index (χ0v) is 17.5. The molecule has 30 heavy (non-hydrogen) atoms. The molecular formula is C20H27F3N2O5. The summed E-state index contributed by atoms with van der Waals surface area (Å²) in [5.74, 6) is -1.88. The highest BCUT2D eigenvalue weighted by atomic mass is 19.4. The number of nitrogens with zero attached hydrogens (tertiary/aromatic N) is 2. The van der Waals surface area contributed by atoms with Crippen LogP contribution in [-0.4, -0.2) is 65.1 Å². The van der Waals surface area contributed by atoms with E-state index in [1.165, 1.54) is 17.0 Å². The molecule has 0 spiro atoms. The van der Waals surface area contributed by atoms with Crippen molar-refractivity contribution in [2.75, 3.05) is 20.1 Å². The normalized spacial score (nSPS) is 18.0. The Morgan fingerprint density at radius 1 is 1.27 bits per heavy atom. The molecule has 0 saturated carbocycles. The average Bonchev–Trinajstić information content (AvgIpc) is 2.60. The number of likely N-dealkylation sites (N-methyl/N-ethyl adjacent to an activating group) is 1. The number of rotatable bonds is 5. The van der Waals surface area contributed by atoms with E-state index < -0.39 is 29.8 Å². The van der Waals surface area contributed by atoms with Crippen molar-refractivity contribution >= 4 is 12.1 Å². The predicted octanol–water partition coefficient (Wildman–Crippen LogP) is 4.11. The molecule has 1 N–H and O–H groups in total. The highest BCUT2D eigenvalue weighted by Crippen LogP contribution is 2.30. The number of carboxylic acids is 1. The number of carbonyl (C=O) groups is 2. The molecule has 1 saturated heterocycles. The molecule has 1 aliphatic heterocycles. The van der Waals surface area contributed by atoms with Crippen molar-refractivity contribution in [1.29, 1.82) is 0 Å². The Labute approximate surface area is 173 Å². The molecule has 0 aliphatic carbocycles. The van der Waals surface area contributed by atoms with Gasteiger partial charge in [0.15, 0.2) is 0 Å². The van der Waals surface area contributed by atoms with Crippen LogP contribution >= 0.6 is 0 Å². The lowest BCUT2D eigenvalue weighted by atomic mass is 10.0. The van der Waals surface area contributed by atoms with E-state index in [0.717, 1.165) is 18.9 Å². The van der Waals surface area contributed by atoms with Gasteiger partial charge in [-0.3, -0.25) is 4.90 Å². The quantitative estimate of drug-likeness (QED) is 0.754. The second-order valence-electron chi connectivity index (χ2n) is 8.30. The molecule has 0 aromatic heterocycles. The summed E-state index contributed by atoms with van der Waals surface area (Å²) < 4.78 is 47.8. The van der Waals surface area contributed by atoms with Gasteiger partial charge < -0.3 is 19.5 Å². The lowest BCUT2D eigenvalue weighted by molar-refractivity contribution is -0.275. The van der Waals surface area contributed by atoms with Gasteiger partial charge in [0, 0.05) is 31.7 Å². The number of piperidine rings is 1. The van der Waals surface area contributed by atoms with Crippen LogP contribution < -0.4 is 4.74 Å². The zero-order chi connectivity index (χ0) is 22.7. The Bertz CT molecular complexity index is 777. The van der Waals surface area contributed by atoms with Gasteiger partial charge in [0.25, 0.3) is 0 Å². The van der Waals surface area contributed by atoms with E-state index in [9.17, 15) is 22.8 Å². The first-order chi connectivity index (χ1) is 13.7. The minimum Gasteiger partial charge on any atom is -0.478 e. The largest absolute Gasteiger partial charge is 0.573 e. The molecule has 1 unspecified atom stereocenters. The summed E-state index contributed by atoms with van der Waals surface area (Å²) in [7, 11) is 1.64. The van der Waals surface area contributed by atoms with E-state index in [0.29, 0.717) is 13.1 Å². The van der Waals surface area contributed by atoms with Gasteiger partial charge in [-0.25, -0.2) is 9.59 Å². The number of amides is 1. The molecule has 1 amide bonds. The molecule has 1 fully saturated rings. The zero-order valence-electron chi connectivity index (χ0n) is 17.5. The minimum absolute atomic E-state index is 0.129. The van der Waals surface area contributed by atoms with E-state index in [2.05, 4.69) is 4.74 Å². The predicted molar refractivity (Wildman–Crippen MR) is 102 cm³/mol. The van der Waals surface area contributed by atoms with E-state index in [4.69, 9.17) is 9.84 Å². The second kappa shape index (κ2) is 9.11. The Morgan fingerprint density at radius 2 is 1.93 bits per heavy atom. The lowest BCUT2D eigenvalue weighted by Gasteiger charge is -2.38. The fourth-order valence-electron chi connectivity index (χ4n) is 3.25. The summed E-state index contributed by atoms with van der Waals surface area (Å²) in [6.45, 7) is 6.52. The van der Waals surface area contributed by atoms with Crippen LogP contribution in [0.1, 0.15) is 49.5 Å². The van der Waals surface area contributed by atoms with Gasteiger partial charge in [-0.1, -0.05) is 6.07 Å². The average molecular weight is 432 g/mol. The Kier molecular flexibility index (Phi) is 7.23. The van der Waals surface area contributed by atoms with Crippen molar-refractivity contribution in [2.45, 2.75) is 58.2 Å². The van der Waals surface area contributed by atoms with Crippen LogP contribution in [0.5, 0.6) is 5.75 Å². The van der Waals surface area contributed by atoms with E-state index in [1.807, 2.05) is 4.90 Å². The summed E-state index contributed by atoms with van der Waals surface area (Å²) in [5.41, 5.74) is -0.702. The van der Waals surface area contributed by atoms with Crippen LogP contribution in [0, 0.1) is 0 Å². The molecule has 1 heterocycles. The van der Waals surface area contributed by atoms with Gasteiger partial charge in [0.1, 0.15) is 11.4 Å². The summed E-state index contributed by atoms with van der Waals surface area (Å²) >= 11 is 0. The summed E-state index contributed by atoms with van der Waals surface area (Å²) in [6.07, 6.45) is -3.90. The van der Waals surface area contributed by atoms with Gasteiger partial charge in [0.2, 0.25) is 0 Å². The van der Waals surface area contributed by atoms with E-state index >= 15 is 0 Å². The van der Waals surface area contributed by atoms with Crippen molar-refractivity contribution in [1.82, 2.24) is 9.80 Å². The maximum absolute atomic E-state index is 12.8. The summed E-state index contributed by atoms with van der Waals surface area (Å²) in [5, 5.41) is 9.05. The maximum atomic E-state index is 12.8. The number of halogens is 3. The number of carboxylic acid groups (broad SMARTS) is 1. The molecule has 0 bridgehead atoms. The molecule has 1 aliphatic rings. The third kappa shape index (κ3) is 7.08. The fourth-order valence-corrected chi connectivity index (χ4v) is 3.25. The van der Waals surface area contributed by atoms with E-state index in [1.54, 1.807) is 27.8 Å².